The van der Waals surface area contributed by atoms with Crippen molar-refractivity contribution >= 4 is 5.91 Å². The Morgan fingerprint density at radius 3 is 3.25 bits per heavy atom. The fourth-order valence-corrected chi connectivity index (χ4v) is 1.78. The molecule has 86 valence electrons. The number of carbonyl (C=O) groups is 1. The number of primary amides is 1. The van der Waals surface area contributed by atoms with Crippen molar-refractivity contribution in [1.29, 1.82) is 0 Å². The average molecular weight is 221 g/mol. The lowest BCUT2D eigenvalue weighted by molar-refractivity contribution is 0.0990. The first-order valence-corrected chi connectivity index (χ1v) is 5.38. The fourth-order valence-electron chi connectivity index (χ4n) is 1.78. The molecular formula is C11H15N3O2. The van der Waals surface area contributed by atoms with E-state index in [1.807, 2.05) is 0 Å². The Balaban J connectivity index is 2.00. The van der Waals surface area contributed by atoms with Crippen molar-refractivity contribution in [1.82, 2.24) is 10.3 Å². The molecule has 0 aliphatic carbocycles. The molecule has 5 nitrogen and oxygen atoms in total. The van der Waals surface area contributed by atoms with Crippen LogP contribution in [0.2, 0.25) is 0 Å². The van der Waals surface area contributed by atoms with E-state index in [2.05, 4.69) is 10.3 Å². The number of pyridine rings is 1. The van der Waals surface area contributed by atoms with Crippen LogP contribution >= 0.6 is 0 Å². The number of ether oxygens (including phenoxy) is 1. The fraction of sp³-hybridized carbons (Fsp3) is 0.455. The van der Waals surface area contributed by atoms with E-state index < -0.39 is 5.91 Å². The lowest BCUT2D eigenvalue weighted by Gasteiger charge is -2.13. The highest BCUT2D eigenvalue weighted by atomic mass is 16.5. The molecule has 1 fully saturated rings. The molecule has 0 radical (unpaired) electrons. The zero-order chi connectivity index (χ0) is 11.4. The molecule has 1 unspecified atom stereocenters. The summed E-state index contributed by atoms with van der Waals surface area (Å²) in [5, 5.41) is 3.31. The van der Waals surface area contributed by atoms with Crippen LogP contribution in [0, 0.1) is 0 Å². The Morgan fingerprint density at radius 2 is 2.56 bits per heavy atom. The summed E-state index contributed by atoms with van der Waals surface area (Å²) in [4.78, 5) is 15.0. The SMILES string of the molecule is NC(=O)c1ncccc1OCC1CCCN1. The molecule has 1 atom stereocenters. The van der Waals surface area contributed by atoms with Gasteiger partial charge in [-0.3, -0.25) is 4.79 Å². The van der Waals surface area contributed by atoms with Gasteiger partial charge in [-0.25, -0.2) is 4.98 Å². The van der Waals surface area contributed by atoms with E-state index in [1.54, 1.807) is 12.1 Å². The third kappa shape index (κ3) is 2.49. The number of aromatic nitrogens is 1. The summed E-state index contributed by atoms with van der Waals surface area (Å²) in [7, 11) is 0. The summed E-state index contributed by atoms with van der Waals surface area (Å²) in [6.07, 6.45) is 3.80. The summed E-state index contributed by atoms with van der Waals surface area (Å²) >= 11 is 0. The van der Waals surface area contributed by atoms with Crippen molar-refractivity contribution in [3.05, 3.63) is 24.0 Å². The Kier molecular flexibility index (Phi) is 3.36. The molecule has 3 N–H and O–H groups in total. The van der Waals surface area contributed by atoms with Crippen LogP contribution in [0.5, 0.6) is 5.75 Å². The third-order valence-corrected chi connectivity index (χ3v) is 2.61. The number of hydrogen-bond acceptors (Lipinski definition) is 4. The van der Waals surface area contributed by atoms with Gasteiger partial charge in [0.25, 0.3) is 5.91 Å². The second-order valence-corrected chi connectivity index (χ2v) is 3.82. The van der Waals surface area contributed by atoms with Gasteiger partial charge in [-0.1, -0.05) is 0 Å². The average Bonchev–Trinajstić information content (AvgIpc) is 2.79. The van der Waals surface area contributed by atoms with Crippen LogP contribution in [0.3, 0.4) is 0 Å². The number of amides is 1. The molecule has 1 aliphatic rings. The van der Waals surface area contributed by atoms with E-state index in [0.717, 1.165) is 13.0 Å². The summed E-state index contributed by atoms with van der Waals surface area (Å²) < 4.78 is 5.56. The molecule has 0 saturated carbocycles. The Hall–Kier alpha value is -1.62. The van der Waals surface area contributed by atoms with Crippen LogP contribution in [0.4, 0.5) is 0 Å². The van der Waals surface area contributed by atoms with Gasteiger partial charge in [0.05, 0.1) is 0 Å². The highest BCUT2D eigenvalue weighted by molar-refractivity contribution is 5.93. The lowest BCUT2D eigenvalue weighted by Crippen LogP contribution is -2.28. The normalized spacial score (nSPS) is 19.6. The first kappa shape index (κ1) is 10.9. The number of rotatable bonds is 4. The molecule has 2 rings (SSSR count). The molecule has 0 spiro atoms. The molecule has 1 amide bonds. The maximum Gasteiger partial charge on any atom is 0.271 e. The summed E-state index contributed by atoms with van der Waals surface area (Å²) in [5.74, 6) is -0.0984. The first-order valence-electron chi connectivity index (χ1n) is 5.38. The minimum absolute atomic E-state index is 0.195. The largest absolute Gasteiger partial charge is 0.489 e. The van der Waals surface area contributed by atoms with E-state index in [0.29, 0.717) is 18.4 Å². The van der Waals surface area contributed by atoms with E-state index in [-0.39, 0.29) is 5.69 Å². The van der Waals surface area contributed by atoms with Crippen LogP contribution in [0.1, 0.15) is 23.3 Å². The number of nitrogens with one attached hydrogen (secondary N) is 1. The Bertz CT molecular complexity index is 375. The topological polar surface area (TPSA) is 77.2 Å². The van der Waals surface area contributed by atoms with Gasteiger partial charge in [-0.2, -0.15) is 0 Å². The van der Waals surface area contributed by atoms with Gasteiger partial charge < -0.3 is 15.8 Å². The van der Waals surface area contributed by atoms with E-state index >= 15 is 0 Å². The quantitative estimate of drug-likeness (QED) is 0.767. The van der Waals surface area contributed by atoms with Crippen molar-refractivity contribution in [3.63, 3.8) is 0 Å². The molecule has 1 aromatic heterocycles. The standard InChI is InChI=1S/C11H15N3O2/c12-11(15)10-9(4-2-6-14-10)16-7-8-3-1-5-13-8/h2,4,6,8,13H,1,3,5,7H2,(H2,12,15). The summed E-state index contributed by atoms with van der Waals surface area (Å²) in [5.41, 5.74) is 5.40. The summed E-state index contributed by atoms with van der Waals surface area (Å²) in [6.45, 7) is 1.58. The van der Waals surface area contributed by atoms with Crippen LogP contribution in [-0.4, -0.2) is 30.1 Å². The highest BCUT2D eigenvalue weighted by Gasteiger charge is 2.16. The van der Waals surface area contributed by atoms with Crippen LogP contribution < -0.4 is 15.8 Å². The molecular weight excluding hydrogens is 206 g/mol. The van der Waals surface area contributed by atoms with Crippen molar-refractivity contribution < 1.29 is 9.53 Å². The van der Waals surface area contributed by atoms with Gasteiger partial charge in [-0.15, -0.1) is 0 Å². The van der Waals surface area contributed by atoms with Gasteiger partial charge in [-0.05, 0) is 31.5 Å². The highest BCUT2D eigenvalue weighted by Crippen LogP contribution is 2.16. The molecule has 1 aliphatic heterocycles. The van der Waals surface area contributed by atoms with E-state index in [9.17, 15) is 4.79 Å². The molecule has 2 heterocycles. The molecule has 0 bridgehead atoms. The van der Waals surface area contributed by atoms with Gasteiger partial charge in [0.1, 0.15) is 6.61 Å². The molecule has 1 saturated heterocycles. The van der Waals surface area contributed by atoms with Crippen molar-refractivity contribution in [2.24, 2.45) is 5.73 Å². The minimum atomic E-state index is -0.560. The van der Waals surface area contributed by atoms with Crippen molar-refractivity contribution in [3.8, 4) is 5.75 Å². The second-order valence-electron chi connectivity index (χ2n) is 3.82. The first-order chi connectivity index (χ1) is 7.77. The van der Waals surface area contributed by atoms with Crippen LogP contribution in [0.15, 0.2) is 18.3 Å². The van der Waals surface area contributed by atoms with Gasteiger partial charge >= 0.3 is 0 Å². The van der Waals surface area contributed by atoms with Gasteiger partial charge in [0.2, 0.25) is 0 Å². The van der Waals surface area contributed by atoms with E-state index in [1.165, 1.54) is 12.6 Å². The number of nitrogens with two attached hydrogens (primary N) is 1. The lowest BCUT2D eigenvalue weighted by atomic mass is 10.2. The maximum absolute atomic E-state index is 11.1. The van der Waals surface area contributed by atoms with Crippen molar-refractivity contribution in [2.75, 3.05) is 13.2 Å². The molecule has 16 heavy (non-hydrogen) atoms. The van der Waals surface area contributed by atoms with Crippen LogP contribution in [-0.2, 0) is 0 Å². The second kappa shape index (κ2) is 4.94. The zero-order valence-electron chi connectivity index (χ0n) is 8.98. The minimum Gasteiger partial charge on any atom is -0.489 e. The summed E-state index contributed by atoms with van der Waals surface area (Å²) in [6, 6.07) is 3.80. The third-order valence-electron chi connectivity index (χ3n) is 2.61. The molecule has 0 aromatic carbocycles. The monoisotopic (exact) mass is 221 g/mol. The Morgan fingerprint density at radius 1 is 1.69 bits per heavy atom. The van der Waals surface area contributed by atoms with Gasteiger partial charge in [0.15, 0.2) is 11.4 Å². The number of carbonyl (C=O) groups excluding carboxylic acids is 1. The number of nitrogens with zero attached hydrogens (tertiary/aromatic N) is 1. The van der Waals surface area contributed by atoms with E-state index in [4.69, 9.17) is 10.5 Å². The molecule has 5 heteroatoms. The van der Waals surface area contributed by atoms with Gasteiger partial charge in [0, 0.05) is 12.2 Å². The zero-order valence-corrected chi connectivity index (χ0v) is 8.98. The molecule has 1 aromatic rings. The predicted octanol–water partition coefficient (Wildman–Crippen LogP) is 0.311. The Labute approximate surface area is 94.0 Å². The van der Waals surface area contributed by atoms with Crippen molar-refractivity contribution in [2.45, 2.75) is 18.9 Å². The maximum atomic E-state index is 11.1. The smallest absolute Gasteiger partial charge is 0.271 e. The number of hydrogen-bond donors (Lipinski definition) is 2. The predicted molar refractivity (Wildman–Crippen MR) is 59.3 cm³/mol. The van der Waals surface area contributed by atoms with Crippen LogP contribution in [0.25, 0.3) is 0 Å².